The van der Waals surface area contributed by atoms with Gasteiger partial charge in [-0.3, -0.25) is 4.79 Å². The highest BCUT2D eigenvalue weighted by Gasteiger charge is 2.18. The van der Waals surface area contributed by atoms with Crippen LogP contribution in [-0.2, 0) is 16.1 Å². The van der Waals surface area contributed by atoms with Gasteiger partial charge in [0.1, 0.15) is 6.33 Å². The Bertz CT molecular complexity index is 906. The van der Waals surface area contributed by atoms with Gasteiger partial charge in [-0.2, -0.15) is 0 Å². The van der Waals surface area contributed by atoms with Gasteiger partial charge >= 0.3 is 5.97 Å². The summed E-state index contributed by atoms with van der Waals surface area (Å²) in [7, 11) is 0. The lowest BCUT2D eigenvalue weighted by Crippen LogP contribution is -2.35. The highest BCUT2D eigenvalue weighted by Crippen LogP contribution is 2.10. The zero-order valence-electron chi connectivity index (χ0n) is 15.0. The number of benzene rings is 2. The Morgan fingerprint density at radius 2 is 1.81 bits per heavy atom. The van der Waals surface area contributed by atoms with Gasteiger partial charge in [0.2, 0.25) is 0 Å². The number of hydrogen-bond donors (Lipinski definition) is 1. The number of esters is 1. The van der Waals surface area contributed by atoms with E-state index in [9.17, 15) is 9.59 Å². The van der Waals surface area contributed by atoms with Crippen molar-refractivity contribution in [2.45, 2.75) is 26.5 Å². The van der Waals surface area contributed by atoms with Crippen LogP contribution in [0.5, 0.6) is 0 Å². The predicted molar refractivity (Wildman–Crippen MR) is 97.1 cm³/mol. The molecule has 8 heteroatoms. The molecule has 8 nitrogen and oxygen atoms in total. The van der Waals surface area contributed by atoms with E-state index in [0.717, 1.165) is 11.1 Å². The topological polar surface area (TPSA) is 99.0 Å². The van der Waals surface area contributed by atoms with Gasteiger partial charge in [0.15, 0.2) is 6.10 Å². The minimum absolute atomic E-state index is 0.338. The molecule has 0 aliphatic heterocycles. The fourth-order valence-electron chi connectivity index (χ4n) is 2.35. The predicted octanol–water partition coefficient (Wildman–Crippen LogP) is 1.83. The summed E-state index contributed by atoms with van der Waals surface area (Å²) in [5.41, 5.74) is 3.18. The number of aryl methyl sites for hydroxylation is 1. The molecule has 3 aromatic rings. The Balaban J connectivity index is 1.53. The highest BCUT2D eigenvalue weighted by atomic mass is 16.5. The van der Waals surface area contributed by atoms with Crippen LogP contribution in [0.3, 0.4) is 0 Å². The third-order valence-corrected chi connectivity index (χ3v) is 3.96. The van der Waals surface area contributed by atoms with Crippen molar-refractivity contribution >= 4 is 11.9 Å². The van der Waals surface area contributed by atoms with Gasteiger partial charge in [0.25, 0.3) is 5.91 Å². The minimum Gasteiger partial charge on any atom is -0.449 e. The molecule has 3 rings (SSSR count). The normalized spacial score (nSPS) is 11.6. The van der Waals surface area contributed by atoms with Crippen LogP contribution in [0.25, 0.3) is 5.69 Å². The smallest absolute Gasteiger partial charge is 0.338 e. The van der Waals surface area contributed by atoms with Crippen molar-refractivity contribution in [2.75, 3.05) is 0 Å². The Morgan fingerprint density at radius 1 is 1.11 bits per heavy atom. The Labute approximate surface area is 156 Å². The van der Waals surface area contributed by atoms with Crippen molar-refractivity contribution in [1.82, 2.24) is 25.5 Å². The quantitative estimate of drug-likeness (QED) is 0.669. The van der Waals surface area contributed by atoms with Crippen LogP contribution in [0.2, 0.25) is 0 Å². The highest BCUT2D eigenvalue weighted by molar-refractivity contribution is 5.92. The van der Waals surface area contributed by atoms with Crippen molar-refractivity contribution < 1.29 is 14.3 Å². The van der Waals surface area contributed by atoms with E-state index >= 15 is 0 Å². The van der Waals surface area contributed by atoms with Crippen LogP contribution in [0.15, 0.2) is 54.9 Å². The lowest BCUT2D eigenvalue weighted by molar-refractivity contribution is -0.129. The van der Waals surface area contributed by atoms with Gasteiger partial charge in [0, 0.05) is 6.54 Å². The molecule has 27 heavy (non-hydrogen) atoms. The van der Waals surface area contributed by atoms with Gasteiger partial charge in [-0.25, -0.2) is 9.48 Å². The molecule has 1 amide bonds. The van der Waals surface area contributed by atoms with E-state index in [4.69, 9.17) is 4.74 Å². The summed E-state index contributed by atoms with van der Waals surface area (Å²) in [6.45, 7) is 3.92. The van der Waals surface area contributed by atoms with Crippen molar-refractivity contribution in [2.24, 2.45) is 0 Å². The molecule has 1 aromatic heterocycles. The maximum absolute atomic E-state index is 12.2. The van der Waals surface area contributed by atoms with E-state index in [0.29, 0.717) is 17.8 Å². The maximum Gasteiger partial charge on any atom is 0.338 e. The number of carbonyl (C=O) groups excluding carboxylic acids is 2. The first-order chi connectivity index (χ1) is 13.0. The number of nitrogens with zero attached hydrogens (tertiary/aromatic N) is 4. The van der Waals surface area contributed by atoms with Crippen LogP contribution in [0.1, 0.15) is 28.4 Å². The second-order valence-corrected chi connectivity index (χ2v) is 6.05. The molecule has 0 spiro atoms. The van der Waals surface area contributed by atoms with Crippen molar-refractivity contribution in [1.29, 1.82) is 0 Å². The van der Waals surface area contributed by atoms with Crippen molar-refractivity contribution in [3.05, 3.63) is 71.5 Å². The van der Waals surface area contributed by atoms with Gasteiger partial charge in [-0.05, 0) is 54.1 Å². The Kier molecular flexibility index (Phi) is 5.55. The molecule has 1 heterocycles. The molecule has 1 atom stereocenters. The number of aromatic nitrogens is 4. The maximum atomic E-state index is 12.2. The van der Waals surface area contributed by atoms with Gasteiger partial charge in [-0.15, -0.1) is 5.10 Å². The fourth-order valence-corrected chi connectivity index (χ4v) is 2.35. The lowest BCUT2D eigenvalue weighted by atomic mass is 10.1. The molecular formula is C19H19N5O3. The van der Waals surface area contributed by atoms with Gasteiger partial charge in [-0.1, -0.05) is 29.8 Å². The van der Waals surface area contributed by atoms with E-state index in [1.165, 1.54) is 17.9 Å². The molecular weight excluding hydrogens is 346 g/mol. The second kappa shape index (κ2) is 8.22. The first-order valence-corrected chi connectivity index (χ1v) is 8.40. The van der Waals surface area contributed by atoms with Crippen LogP contribution < -0.4 is 5.32 Å². The molecule has 1 N–H and O–H groups in total. The largest absolute Gasteiger partial charge is 0.449 e. The van der Waals surface area contributed by atoms with Crippen LogP contribution in [-0.4, -0.2) is 38.2 Å². The average molecular weight is 365 g/mol. The van der Waals surface area contributed by atoms with Gasteiger partial charge < -0.3 is 10.1 Å². The zero-order valence-corrected chi connectivity index (χ0v) is 15.0. The molecule has 0 aliphatic rings. The number of carbonyl (C=O) groups is 2. The summed E-state index contributed by atoms with van der Waals surface area (Å²) in [5, 5.41) is 13.6. The molecule has 0 bridgehead atoms. The first kappa shape index (κ1) is 18.2. The SMILES string of the molecule is Cc1ccc(CNC(=O)[C@@H](C)OC(=O)c2ccc(-n3cnnn3)cc2)cc1. The monoisotopic (exact) mass is 365 g/mol. The standard InChI is InChI=1S/C19H19N5O3/c1-13-3-5-15(6-4-13)11-20-18(25)14(2)27-19(26)16-7-9-17(10-8-16)24-12-21-22-23-24/h3-10,12,14H,11H2,1-2H3,(H,20,25)/t14-/m1/s1. The van der Waals surface area contributed by atoms with E-state index in [1.54, 1.807) is 24.3 Å². The van der Waals surface area contributed by atoms with E-state index in [-0.39, 0.29) is 5.91 Å². The third kappa shape index (κ3) is 4.75. The second-order valence-electron chi connectivity index (χ2n) is 6.05. The third-order valence-electron chi connectivity index (χ3n) is 3.96. The fraction of sp³-hybridized carbons (Fsp3) is 0.211. The number of hydrogen-bond acceptors (Lipinski definition) is 6. The van der Waals surface area contributed by atoms with E-state index in [1.807, 2.05) is 31.2 Å². The average Bonchev–Trinajstić information content (AvgIpc) is 3.22. The summed E-state index contributed by atoms with van der Waals surface area (Å²) in [6.07, 6.45) is 0.551. The van der Waals surface area contributed by atoms with Crippen LogP contribution in [0.4, 0.5) is 0 Å². The lowest BCUT2D eigenvalue weighted by Gasteiger charge is -2.14. The summed E-state index contributed by atoms with van der Waals surface area (Å²) in [4.78, 5) is 24.4. The Morgan fingerprint density at radius 3 is 2.44 bits per heavy atom. The van der Waals surface area contributed by atoms with Crippen molar-refractivity contribution in [3.63, 3.8) is 0 Å². The molecule has 0 unspecified atom stereocenters. The summed E-state index contributed by atoms with van der Waals surface area (Å²) < 4.78 is 6.71. The van der Waals surface area contributed by atoms with Crippen molar-refractivity contribution in [3.8, 4) is 5.69 Å². The Hall–Kier alpha value is -3.55. The molecule has 0 radical (unpaired) electrons. The summed E-state index contributed by atoms with van der Waals surface area (Å²) in [5.74, 6) is -0.925. The van der Waals surface area contributed by atoms with Gasteiger partial charge in [0.05, 0.1) is 11.3 Å². The molecule has 0 saturated heterocycles. The molecule has 0 fully saturated rings. The minimum atomic E-state index is -0.901. The number of rotatable bonds is 6. The van der Waals surface area contributed by atoms with E-state index in [2.05, 4.69) is 20.8 Å². The van der Waals surface area contributed by atoms with E-state index < -0.39 is 12.1 Å². The zero-order chi connectivity index (χ0) is 19.2. The molecule has 138 valence electrons. The number of amides is 1. The number of nitrogens with one attached hydrogen (secondary N) is 1. The molecule has 0 aliphatic carbocycles. The summed E-state index contributed by atoms with van der Waals surface area (Å²) in [6, 6.07) is 14.4. The first-order valence-electron chi connectivity index (χ1n) is 8.40. The van der Waals surface area contributed by atoms with Crippen LogP contribution in [0, 0.1) is 6.92 Å². The van der Waals surface area contributed by atoms with Crippen LogP contribution >= 0.6 is 0 Å². The number of ether oxygens (including phenoxy) is 1. The molecule has 0 saturated carbocycles. The molecule has 2 aromatic carbocycles. The summed E-state index contributed by atoms with van der Waals surface area (Å²) >= 11 is 0. The number of tetrazole rings is 1.